The fourth-order valence-corrected chi connectivity index (χ4v) is 3.17. The molecule has 0 bridgehead atoms. The van der Waals surface area contributed by atoms with E-state index in [2.05, 4.69) is 27.0 Å². The number of anilines is 2. The van der Waals surface area contributed by atoms with Crippen molar-refractivity contribution in [2.24, 2.45) is 0 Å². The number of piperazine rings is 1. The molecule has 1 fully saturated rings. The first kappa shape index (κ1) is 19.0. The van der Waals surface area contributed by atoms with E-state index in [9.17, 15) is 4.79 Å². The molecule has 1 N–H and O–H groups in total. The van der Waals surface area contributed by atoms with Crippen LogP contribution in [0.15, 0.2) is 36.5 Å². The number of nitrogens with zero attached hydrogens (tertiary/aromatic N) is 3. The van der Waals surface area contributed by atoms with Gasteiger partial charge in [-0.05, 0) is 30.8 Å². The quantitative estimate of drug-likeness (QED) is 0.843. The molecule has 1 aliphatic rings. The van der Waals surface area contributed by atoms with Crippen LogP contribution < -0.4 is 19.7 Å². The molecule has 7 nitrogen and oxygen atoms in total. The van der Waals surface area contributed by atoms with E-state index in [4.69, 9.17) is 9.47 Å². The third-order valence-corrected chi connectivity index (χ3v) is 4.80. The predicted octanol–water partition coefficient (Wildman–Crippen LogP) is 2.49. The van der Waals surface area contributed by atoms with Gasteiger partial charge >= 0.3 is 0 Å². The third-order valence-electron chi connectivity index (χ3n) is 4.80. The number of methoxy groups -OCH3 is 2. The Morgan fingerprint density at radius 1 is 1.07 bits per heavy atom. The van der Waals surface area contributed by atoms with Gasteiger partial charge in [0.25, 0.3) is 5.91 Å². The summed E-state index contributed by atoms with van der Waals surface area (Å²) in [6.07, 6.45) is 1.69. The van der Waals surface area contributed by atoms with Crippen molar-refractivity contribution in [3.8, 4) is 11.5 Å². The van der Waals surface area contributed by atoms with Crippen molar-refractivity contribution in [3.63, 3.8) is 0 Å². The van der Waals surface area contributed by atoms with E-state index in [-0.39, 0.29) is 5.91 Å². The van der Waals surface area contributed by atoms with Crippen LogP contribution in [-0.2, 0) is 0 Å². The molecule has 2 heterocycles. The minimum atomic E-state index is -0.253. The maximum Gasteiger partial charge on any atom is 0.274 e. The van der Waals surface area contributed by atoms with Gasteiger partial charge in [-0.15, -0.1) is 0 Å². The fourth-order valence-electron chi connectivity index (χ4n) is 3.17. The van der Waals surface area contributed by atoms with Gasteiger partial charge in [0, 0.05) is 49.8 Å². The lowest BCUT2D eigenvalue weighted by atomic mass is 10.2. The Hall–Kier alpha value is -2.80. The van der Waals surface area contributed by atoms with E-state index in [0.717, 1.165) is 38.4 Å². The Kier molecular flexibility index (Phi) is 6.13. The topological polar surface area (TPSA) is 66.9 Å². The number of hydrogen-bond acceptors (Lipinski definition) is 6. The summed E-state index contributed by atoms with van der Waals surface area (Å²) in [4.78, 5) is 21.6. The van der Waals surface area contributed by atoms with Gasteiger partial charge in [0.1, 0.15) is 5.69 Å². The van der Waals surface area contributed by atoms with Crippen LogP contribution in [0.5, 0.6) is 11.5 Å². The number of aromatic nitrogens is 1. The van der Waals surface area contributed by atoms with Gasteiger partial charge in [0.15, 0.2) is 11.5 Å². The zero-order chi connectivity index (χ0) is 19.2. The van der Waals surface area contributed by atoms with Gasteiger partial charge in [0.05, 0.1) is 14.2 Å². The fraction of sp³-hybridized carbons (Fsp3) is 0.400. The van der Waals surface area contributed by atoms with Crippen LogP contribution in [0.2, 0.25) is 0 Å². The number of hydrogen-bond donors (Lipinski definition) is 1. The second kappa shape index (κ2) is 8.73. The number of nitrogens with one attached hydrogen (secondary N) is 1. The minimum absolute atomic E-state index is 0.253. The molecule has 144 valence electrons. The number of amides is 1. The molecular formula is C20H26N4O3. The molecule has 1 aromatic heterocycles. The molecule has 0 unspecified atom stereocenters. The molecule has 0 aliphatic carbocycles. The summed E-state index contributed by atoms with van der Waals surface area (Å²) in [5.74, 6) is 0.920. The lowest BCUT2D eigenvalue weighted by Crippen LogP contribution is -2.46. The molecule has 1 saturated heterocycles. The zero-order valence-corrected chi connectivity index (χ0v) is 16.1. The molecule has 2 aromatic rings. The summed E-state index contributed by atoms with van der Waals surface area (Å²) < 4.78 is 10.5. The summed E-state index contributed by atoms with van der Waals surface area (Å²) in [7, 11) is 3.14. The van der Waals surface area contributed by atoms with Crippen LogP contribution in [0.3, 0.4) is 0 Å². The lowest BCUT2D eigenvalue weighted by Gasteiger charge is -2.35. The Labute approximate surface area is 159 Å². The Morgan fingerprint density at radius 2 is 1.81 bits per heavy atom. The second-order valence-electron chi connectivity index (χ2n) is 6.34. The molecular weight excluding hydrogens is 344 g/mol. The molecule has 7 heteroatoms. The van der Waals surface area contributed by atoms with Crippen LogP contribution in [0.1, 0.15) is 17.4 Å². The summed E-state index contributed by atoms with van der Waals surface area (Å²) >= 11 is 0. The van der Waals surface area contributed by atoms with Crippen LogP contribution >= 0.6 is 0 Å². The highest BCUT2D eigenvalue weighted by atomic mass is 16.5. The summed E-state index contributed by atoms with van der Waals surface area (Å²) in [6, 6.07) is 9.05. The van der Waals surface area contributed by atoms with Crippen molar-refractivity contribution in [2.45, 2.75) is 6.92 Å². The molecule has 0 atom stereocenters. The van der Waals surface area contributed by atoms with E-state index >= 15 is 0 Å². The first-order valence-electron chi connectivity index (χ1n) is 9.11. The molecule has 0 saturated carbocycles. The molecule has 3 rings (SSSR count). The van der Waals surface area contributed by atoms with Crippen LogP contribution in [0.4, 0.5) is 11.4 Å². The van der Waals surface area contributed by atoms with Crippen LogP contribution in [0.25, 0.3) is 0 Å². The summed E-state index contributed by atoms with van der Waals surface area (Å²) in [6.45, 7) is 7.23. The Morgan fingerprint density at radius 3 is 2.48 bits per heavy atom. The average molecular weight is 370 g/mol. The zero-order valence-electron chi connectivity index (χ0n) is 16.1. The van der Waals surface area contributed by atoms with E-state index in [1.807, 2.05) is 12.1 Å². The highest BCUT2D eigenvalue weighted by molar-refractivity contribution is 6.03. The van der Waals surface area contributed by atoms with Crippen molar-refractivity contribution in [2.75, 3.05) is 57.2 Å². The highest BCUT2D eigenvalue weighted by Crippen LogP contribution is 2.30. The number of pyridine rings is 1. The van der Waals surface area contributed by atoms with Gasteiger partial charge in [-0.2, -0.15) is 0 Å². The summed E-state index contributed by atoms with van der Waals surface area (Å²) in [5.41, 5.74) is 2.04. The molecule has 1 amide bonds. The van der Waals surface area contributed by atoms with Gasteiger partial charge in [0.2, 0.25) is 0 Å². The van der Waals surface area contributed by atoms with Crippen LogP contribution in [-0.4, -0.2) is 62.7 Å². The minimum Gasteiger partial charge on any atom is -0.493 e. The third kappa shape index (κ3) is 4.49. The van der Waals surface area contributed by atoms with Crippen molar-refractivity contribution in [3.05, 3.63) is 42.2 Å². The van der Waals surface area contributed by atoms with Gasteiger partial charge < -0.3 is 24.6 Å². The Bertz CT molecular complexity index is 789. The molecule has 0 radical (unpaired) electrons. The number of carbonyl (C=O) groups is 1. The monoisotopic (exact) mass is 370 g/mol. The van der Waals surface area contributed by atoms with E-state index < -0.39 is 0 Å². The lowest BCUT2D eigenvalue weighted by molar-refractivity contribution is 0.102. The van der Waals surface area contributed by atoms with Gasteiger partial charge in [-0.1, -0.05) is 6.92 Å². The first-order valence-corrected chi connectivity index (χ1v) is 9.11. The molecule has 0 spiro atoms. The molecule has 27 heavy (non-hydrogen) atoms. The van der Waals surface area contributed by atoms with Crippen molar-refractivity contribution >= 4 is 17.3 Å². The van der Waals surface area contributed by atoms with Crippen molar-refractivity contribution in [1.82, 2.24) is 9.88 Å². The van der Waals surface area contributed by atoms with Gasteiger partial charge in [-0.25, -0.2) is 0 Å². The smallest absolute Gasteiger partial charge is 0.274 e. The maximum absolute atomic E-state index is 12.6. The first-order chi connectivity index (χ1) is 13.1. The standard InChI is InChI=1S/C20H26N4O3/c1-4-23-9-11-24(12-10-23)16-7-8-21-17(14-16)20(25)22-15-5-6-18(26-2)19(13-15)27-3/h5-8,13-14H,4,9-12H2,1-3H3,(H,22,25). The van der Waals surface area contributed by atoms with Crippen molar-refractivity contribution in [1.29, 1.82) is 0 Å². The number of ether oxygens (including phenoxy) is 2. The SMILES string of the molecule is CCN1CCN(c2ccnc(C(=O)Nc3ccc(OC)c(OC)c3)c2)CC1. The number of rotatable bonds is 6. The van der Waals surface area contributed by atoms with E-state index in [0.29, 0.717) is 22.9 Å². The van der Waals surface area contributed by atoms with E-state index in [1.54, 1.807) is 38.6 Å². The predicted molar refractivity (Wildman–Crippen MR) is 106 cm³/mol. The largest absolute Gasteiger partial charge is 0.493 e. The number of benzene rings is 1. The van der Waals surface area contributed by atoms with E-state index in [1.165, 1.54) is 0 Å². The maximum atomic E-state index is 12.6. The van der Waals surface area contributed by atoms with Crippen molar-refractivity contribution < 1.29 is 14.3 Å². The van der Waals surface area contributed by atoms with Gasteiger partial charge in [-0.3, -0.25) is 9.78 Å². The number of carbonyl (C=O) groups excluding carboxylic acids is 1. The average Bonchev–Trinajstić information content (AvgIpc) is 2.73. The molecule has 1 aromatic carbocycles. The molecule has 1 aliphatic heterocycles. The second-order valence-corrected chi connectivity index (χ2v) is 6.34. The Balaban J connectivity index is 1.70. The summed E-state index contributed by atoms with van der Waals surface area (Å²) in [5, 5.41) is 2.87. The van der Waals surface area contributed by atoms with Crippen LogP contribution in [0, 0.1) is 0 Å². The highest BCUT2D eigenvalue weighted by Gasteiger charge is 2.18. The normalized spacial score (nSPS) is 14.7. The number of likely N-dealkylation sites (N-methyl/N-ethyl adjacent to an activating group) is 1.